The molecule has 0 amide bonds. The molecule has 1 aliphatic carbocycles. The molecule has 1 rings (SSSR count). The van der Waals surface area contributed by atoms with Crippen LogP contribution in [0.1, 0.15) is 51.9 Å². The van der Waals surface area contributed by atoms with Crippen LogP contribution in [0.5, 0.6) is 0 Å². The molecule has 0 radical (unpaired) electrons. The van der Waals surface area contributed by atoms with E-state index in [4.69, 9.17) is 0 Å². The molecule has 0 bridgehead atoms. The van der Waals surface area contributed by atoms with Gasteiger partial charge in [0.1, 0.15) is 5.60 Å². The first kappa shape index (κ1) is 9.72. The molecule has 0 spiro atoms. The van der Waals surface area contributed by atoms with Crippen LogP contribution in [0.25, 0.3) is 0 Å². The average molecular weight is 170 g/mol. The summed E-state index contributed by atoms with van der Waals surface area (Å²) in [7, 11) is 0. The second-order valence-electron chi connectivity index (χ2n) is 3.77. The third kappa shape index (κ3) is 2.07. The van der Waals surface area contributed by atoms with Crippen molar-refractivity contribution in [1.29, 1.82) is 0 Å². The number of Topliss-reactive ketones (excluding diaryl/α,β-unsaturated/α-hetero) is 1. The van der Waals surface area contributed by atoms with Gasteiger partial charge in [0.15, 0.2) is 5.78 Å². The lowest BCUT2D eigenvalue weighted by atomic mass is 9.94. The van der Waals surface area contributed by atoms with Crippen LogP contribution in [0, 0.1) is 0 Å². The van der Waals surface area contributed by atoms with E-state index in [0.29, 0.717) is 19.3 Å². The maximum absolute atomic E-state index is 11.2. The summed E-state index contributed by atoms with van der Waals surface area (Å²) in [5, 5.41) is 9.84. The van der Waals surface area contributed by atoms with Gasteiger partial charge in [0.05, 0.1) is 0 Å². The lowest BCUT2D eigenvalue weighted by molar-refractivity contribution is -0.134. The fourth-order valence-electron chi connectivity index (χ4n) is 1.85. The number of unbranched alkanes of at least 4 members (excludes halogenated alkanes) is 2. The van der Waals surface area contributed by atoms with E-state index >= 15 is 0 Å². The highest BCUT2D eigenvalue weighted by Crippen LogP contribution is 2.30. The van der Waals surface area contributed by atoms with Crippen molar-refractivity contribution in [1.82, 2.24) is 0 Å². The summed E-state index contributed by atoms with van der Waals surface area (Å²) in [6.45, 7) is 2.13. The highest BCUT2D eigenvalue weighted by atomic mass is 16.3. The van der Waals surface area contributed by atoms with Crippen LogP contribution in [0.2, 0.25) is 0 Å². The van der Waals surface area contributed by atoms with Gasteiger partial charge in [-0.1, -0.05) is 26.2 Å². The summed E-state index contributed by atoms with van der Waals surface area (Å²) in [6, 6.07) is 0. The van der Waals surface area contributed by atoms with E-state index in [1.165, 1.54) is 0 Å². The summed E-state index contributed by atoms with van der Waals surface area (Å²) in [6.07, 6.45) is 6.08. The Morgan fingerprint density at radius 3 is 2.75 bits per heavy atom. The molecule has 0 aliphatic heterocycles. The van der Waals surface area contributed by atoms with Crippen molar-refractivity contribution >= 4 is 5.78 Å². The number of rotatable bonds is 4. The van der Waals surface area contributed by atoms with Crippen LogP contribution in [-0.2, 0) is 4.79 Å². The maximum Gasteiger partial charge on any atom is 0.164 e. The average Bonchev–Trinajstić information content (AvgIpc) is 2.34. The molecule has 12 heavy (non-hydrogen) atoms. The van der Waals surface area contributed by atoms with E-state index in [0.717, 1.165) is 25.7 Å². The van der Waals surface area contributed by atoms with Crippen LogP contribution in [0.4, 0.5) is 0 Å². The van der Waals surface area contributed by atoms with Crippen molar-refractivity contribution < 1.29 is 9.90 Å². The fraction of sp³-hybridized carbons (Fsp3) is 0.900. The fourth-order valence-corrected chi connectivity index (χ4v) is 1.85. The minimum Gasteiger partial charge on any atom is -0.382 e. The zero-order chi connectivity index (χ0) is 9.03. The van der Waals surface area contributed by atoms with Crippen LogP contribution < -0.4 is 0 Å². The molecule has 0 saturated heterocycles. The van der Waals surface area contributed by atoms with Gasteiger partial charge in [-0.25, -0.2) is 0 Å². The molecule has 0 heterocycles. The number of carbonyl (C=O) groups is 1. The first-order chi connectivity index (χ1) is 5.69. The summed E-state index contributed by atoms with van der Waals surface area (Å²) in [5.74, 6) is 0.0682. The summed E-state index contributed by atoms with van der Waals surface area (Å²) in [4.78, 5) is 11.2. The maximum atomic E-state index is 11.2. The van der Waals surface area contributed by atoms with Gasteiger partial charge in [-0.2, -0.15) is 0 Å². The minimum atomic E-state index is -0.935. The molecular formula is C10H18O2. The SMILES string of the molecule is CCCCCC1(O)CCCC1=O. The van der Waals surface area contributed by atoms with Crippen molar-refractivity contribution in [3.05, 3.63) is 0 Å². The summed E-state index contributed by atoms with van der Waals surface area (Å²) in [5.41, 5.74) is -0.935. The van der Waals surface area contributed by atoms with E-state index in [9.17, 15) is 9.90 Å². The molecule has 1 unspecified atom stereocenters. The van der Waals surface area contributed by atoms with Crippen molar-refractivity contribution in [2.24, 2.45) is 0 Å². The number of hydrogen-bond acceptors (Lipinski definition) is 2. The van der Waals surface area contributed by atoms with Gasteiger partial charge >= 0.3 is 0 Å². The first-order valence-electron chi connectivity index (χ1n) is 4.95. The molecule has 1 fully saturated rings. The monoisotopic (exact) mass is 170 g/mol. The largest absolute Gasteiger partial charge is 0.382 e. The number of carbonyl (C=O) groups excluding carboxylic acids is 1. The Kier molecular flexibility index (Phi) is 3.27. The van der Waals surface area contributed by atoms with Gasteiger partial charge in [-0.15, -0.1) is 0 Å². The van der Waals surface area contributed by atoms with Gasteiger partial charge < -0.3 is 5.11 Å². The Balaban J connectivity index is 2.33. The molecule has 1 N–H and O–H groups in total. The smallest absolute Gasteiger partial charge is 0.164 e. The van der Waals surface area contributed by atoms with Crippen LogP contribution in [0.3, 0.4) is 0 Å². The number of aliphatic hydroxyl groups is 1. The minimum absolute atomic E-state index is 0.0682. The van der Waals surface area contributed by atoms with Crippen molar-refractivity contribution in [2.75, 3.05) is 0 Å². The van der Waals surface area contributed by atoms with Gasteiger partial charge in [-0.3, -0.25) is 4.79 Å². The highest BCUT2D eigenvalue weighted by Gasteiger charge is 2.38. The van der Waals surface area contributed by atoms with E-state index in [-0.39, 0.29) is 5.78 Å². The zero-order valence-corrected chi connectivity index (χ0v) is 7.81. The van der Waals surface area contributed by atoms with E-state index in [1.54, 1.807) is 0 Å². The molecule has 0 aromatic heterocycles. The van der Waals surface area contributed by atoms with Crippen molar-refractivity contribution in [3.63, 3.8) is 0 Å². The zero-order valence-electron chi connectivity index (χ0n) is 7.81. The van der Waals surface area contributed by atoms with Gasteiger partial charge in [-0.05, 0) is 19.3 Å². The number of hydrogen-bond donors (Lipinski definition) is 1. The third-order valence-electron chi connectivity index (χ3n) is 2.71. The molecule has 0 aromatic rings. The predicted molar refractivity (Wildman–Crippen MR) is 47.9 cm³/mol. The van der Waals surface area contributed by atoms with Crippen molar-refractivity contribution in [3.8, 4) is 0 Å². The van der Waals surface area contributed by atoms with Crippen LogP contribution >= 0.6 is 0 Å². The quantitative estimate of drug-likeness (QED) is 0.656. The topological polar surface area (TPSA) is 37.3 Å². The molecule has 0 aromatic carbocycles. The summed E-state index contributed by atoms with van der Waals surface area (Å²) < 4.78 is 0. The van der Waals surface area contributed by atoms with E-state index < -0.39 is 5.60 Å². The standard InChI is InChI=1S/C10H18O2/c1-2-3-4-7-10(12)8-5-6-9(10)11/h12H,2-8H2,1H3. The Bertz CT molecular complexity index is 165. The molecule has 1 atom stereocenters. The second kappa shape index (κ2) is 4.04. The molecule has 2 heteroatoms. The number of ketones is 1. The molecular weight excluding hydrogens is 152 g/mol. The van der Waals surface area contributed by atoms with Crippen LogP contribution in [-0.4, -0.2) is 16.5 Å². The van der Waals surface area contributed by atoms with Gasteiger partial charge in [0.25, 0.3) is 0 Å². The molecule has 2 nitrogen and oxygen atoms in total. The lowest BCUT2D eigenvalue weighted by Gasteiger charge is -2.19. The van der Waals surface area contributed by atoms with Gasteiger partial charge in [0.2, 0.25) is 0 Å². The second-order valence-corrected chi connectivity index (χ2v) is 3.77. The van der Waals surface area contributed by atoms with Gasteiger partial charge in [0, 0.05) is 6.42 Å². The molecule has 1 aliphatic rings. The highest BCUT2D eigenvalue weighted by molar-refractivity contribution is 5.88. The third-order valence-corrected chi connectivity index (χ3v) is 2.71. The normalized spacial score (nSPS) is 29.7. The lowest BCUT2D eigenvalue weighted by Crippen LogP contribution is -2.33. The molecule has 70 valence electrons. The predicted octanol–water partition coefficient (Wildman–Crippen LogP) is 2.05. The Hall–Kier alpha value is -0.370. The first-order valence-corrected chi connectivity index (χ1v) is 4.95. The van der Waals surface area contributed by atoms with E-state index in [1.807, 2.05) is 0 Å². The Morgan fingerprint density at radius 1 is 1.50 bits per heavy atom. The molecule has 1 saturated carbocycles. The van der Waals surface area contributed by atoms with E-state index in [2.05, 4.69) is 6.92 Å². The Labute approximate surface area is 74.0 Å². The Morgan fingerprint density at radius 2 is 2.25 bits per heavy atom. The van der Waals surface area contributed by atoms with Crippen molar-refractivity contribution in [2.45, 2.75) is 57.5 Å². The van der Waals surface area contributed by atoms with Crippen LogP contribution in [0.15, 0.2) is 0 Å². The summed E-state index contributed by atoms with van der Waals surface area (Å²) >= 11 is 0.